The minimum atomic E-state index is 0.267. The van der Waals surface area contributed by atoms with Crippen molar-refractivity contribution in [1.29, 1.82) is 0 Å². The molecule has 0 amide bonds. The van der Waals surface area contributed by atoms with Crippen LogP contribution in [0.15, 0.2) is 59.9 Å². The second-order valence-corrected chi connectivity index (χ2v) is 8.52. The van der Waals surface area contributed by atoms with Gasteiger partial charge in [0.15, 0.2) is 18.1 Å². The Kier molecular flexibility index (Phi) is 6.29. The predicted octanol–water partition coefficient (Wildman–Crippen LogP) is 4.47. The Morgan fingerprint density at radius 3 is 2.49 bits per heavy atom. The van der Waals surface area contributed by atoms with Crippen molar-refractivity contribution in [3.8, 4) is 28.5 Å². The van der Waals surface area contributed by atoms with Gasteiger partial charge < -0.3 is 28.9 Å². The van der Waals surface area contributed by atoms with E-state index >= 15 is 0 Å². The molecule has 0 spiro atoms. The molecule has 2 aromatic carbocycles. The Balaban J connectivity index is 1.58. The molecule has 0 unspecified atom stereocenters. The number of benzene rings is 2. The maximum atomic E-state index is 6.00. The average molecular weight is 473 g/mol. The van der Waals surface area contributed by atoms with Crippen LogP contribution < -0.4 is 14.2 Å². The highest BCUT2D eigenvalue weighted by atomic mass is 16.6. The van der Waals surface area contributed by atoms with E-state index in [1.54, 1.807) is 20.4 Å². The van der Waals surface area contributed by atoms with Crippen molar-refractivity contribution in [2.45, 2.75) is 6.61 Å². The summed E-state index contributed by atoms with van der Waals surface area (Å²) in [6, 6.07) is 15.7. The van der Waals surface area contributed by atoms with E-state index in [2.05, 4.69) is 26.1 Å². The number of fused-ring (bicyclic) bond motifs is 5. The average Bonchev–Trinajstić information content (AvgIpc) is 3.38. The quantitative estimate of drug-likeness (QED) is 0.319. The van der Waals surface area contributed by atoms with Crippen molar-refractivity contribution in [1.82, 2.24) is 14.9 Å². The van der Waals surface area contributed by atoms with Gasteiger partial charge in [0.05, 0.1) is 25.6 Å². The molecule has 2 aromatic heterocycles. The number of nitrogens with one attached hydrogen (secondary N) is 1. The van der Waals surface area contributed by atoms with Gasteiger partial charge >= 0.3 is 0 Å². The molecule has 1 aliphatic rings. The lowest BCUT2D eigenvalue weighted by atomic mass is 10.1. The van der Waals surface area contributed by atoms with Gasteiger partial charge in [0, 0.05) is 40.3 Å². The predicted molar refractivity (Wildman–Crippen MR) is 136 cm³/mol. The third-order valence-corrected chi connectivity index (χ3v) is 5.96. The summed E-state index contributed by atoms with van der Waals surface area (Å²) in [7, 11) is 7.31. The minimum absolute atomic E-state index is 0.267. The SMILES string of the molecule is COc1cc2c(cc1OC)-c1[nH]c3ccc(OCCN(C)C)cc3c1/C2=N\OCc1ccccn1. The Labute approximate surface area is 204 Å². The van der Waals surface area contributed by atoms with Gasteiger partial charge in [-0.3, -0.25) is 4.98 Å². The number of rotatable bonds is 9. The van der Waals surface area contributed by atoms with E-state index in [9.17, 15) is 0 Å². The van der Waals surface area contributed by atoms with Gasteiger partial charge in [-0.05, 0) is 56.6 Å². The first-order valence-corrected chi connectivity index (χ1v) is 11.4. The topological polar surface area (TPSA) is 81.2 Å². The zero-order chi connectivity index (χ0) is 24.4. The van der Waals surface area contributed by atoms with Crippen molar-refractivity contribution >= 4 is 16.6 Å². The number of likely N-dealkylation sites (N-methyl/N-ethyl adjacent to an activating group) is 1. The summed E-state index contributed by atoms with van der Waals surface area (Å²) in [6.07, 6.45) is 1.74. The van der Waals surface area contributed by atoms with E-state index < -0.39 is 0 Å². The van der Waals surface area contributed by atoms with Gasteiger partial charge in [-0.15, -0.1) is 0 Å². The Hall–Kier alpha value is -4.04. The molecule has 180 valence electrons. The fourth-order valence-corrected chi connectivity index (χ4v) is 4.21. The zero-order valence-corrected chi connectivity index (χ0v) is 20.3. The van der Waals surface area contributed by atoms with Crippen molar-refractivity contribution in [3.05, 3.63) is 71.5 Å². The molecule has 5 rings (SSSR count). The highest BCUT2D eigenvalue weighted by Crippen LogP contribution is 2.46. The summed E-state index contributed by atoms with van der Waals surface area (Å²) < 4.78 is 17.1. The molecule has 2 heterocycles. The standard InChI is InChI=1S/C27H28N4O4/c1-31(2)11-12-34-18-8-9-22-21(13-18)25-26(29-22)19-14-23(32-3)24(33-4)15-20(19)27(25)30-35-16-17-7-5-6-10-28-17/h5-10,13-15,29H,11-12,16H2,1-4H3/b30-27-. The van der Waals surface area contributed by atoms with Crippen molar-refractivity contribution < 1.29 is 19.0 Å². The van der Waals surface area contributed by atoms with E-state index in [1.807, 2.05) is 56.6 Å². The molecule has 0 saturated carbocycles. The lowest BCUT2D eigenvalue weighted by Gasteiger charge is -2.12. The number of methoxy groups -OCH3 is 2. The lowest BCUT2D eigenvalue weighted by molar-refractivity contribution is 0.128. The van der Waals surface area contributed by atoms with Crippen LogP contribution in [0.25, 0.3) is 22.2 Å². The van der Waals surface area contributed by atoms with Crippen molar-refractivity contribution in [3.63, 3.8) is 0 Å². The second-order valence-electron chi connectivity index (χ2n) is 8.52. The molecular formula is C27H28N4O4. The number of nitrogens with zero attached hydrogens (tertiary/aromatic N) is 3. The Morgan fingerprint density at radius 2 is 1.77 bits per heavy atom. The molecule has 35 heavy (non-hydrogen) atoms. The fourth-order valence-electron chi connectivity index (χ4n) is 4.21. The Bertz CT molecular complexity index is 1380. The van der Waals surface area contributed by atoms with Crippen LogP contribution in [-0.2, 0) is 11.4 Å². The van der Waals surface area contributed by atoms with E-state index in [0.29, 0.717) is 18.1 Å². The number of hydrogen-bond donors (Lipinski definition) is 1. The van der Waals surface area contributed by atoms with Gasteiger partial charge in [-0.2, -0.15) is 0 Å². The highest BCUT2D eigenvalue weighted by molar-refractivity contribution is 6.30. The summed E-state index contributed by atoms with van der Waals surface area (Å²) in [5.41, 5.74) is 6.33. The molecule has 0 atom stereocenters. The van der Waals surface area contributed by atoms with Crippen LogP contribution in [-0.4, -0.2) is 62.0 Å². The zero-order valence-electron chi connectivity index (χ0n) is 20.3. The third kappa shape index (κ3) is 4.40. The van der Waals surface area contributed by atoms with Crippen LogP contribution in [0.1, 0.15) is 16.8 Å². The molecule has 0 aliphatic heterocycles. The van der Waals surface area contributed by atoms with Gasteiger partial charge in [0.2, 0.25) is 0 Å². The summed E-state index contributed by atoms with van der Waals surface area (Å²) >= 11 is 0. The number of oxime groups is 1. The molecule has 1 N–H and O–H groups in total. The molecule has 0 fully saturated rings. The first kappa shape index (κ1) is 22.7. The van der Waals surface area contributed by atoms with E-state index in [-0.39, 0.29) is 6.61 Å². The number of pyridine rings is 1. The number of aromatic nitrogens is 2. The van der Waals surface area contributed by atoms with Crippen molar-refractivity contribution in [2.24, 2.45) is 5.16 Å². The molecule has 1 aliphatic carbocycles. The Morgan fingerprint density at radius 1 is 0.971 bits per heavy atom. The monoisotopic (exact) mass is 472 g/mol. The summed E-state index contributed by atoms with van der Waals surface area (Å²) in [6.45, 7) is 1.71. The number of ether oxygens (including phenoxy) is 3. The first-order valence-electron chi connectivity index (χ1n) is 11.4. The van der Waals surface area contributed by atoms with E-state index in [0.717, 1.165) is 57.0 Å². The highest BCUT2D eigenvalue weighted by Gasteiger charge is 2.32. The normalized spacial score (nSPS) is 13.2. The minimum Gasteiger partial charge on any atom is -0.493 e. The fraction of sp³-hybridized carbons (Fsp3) is 0.259. The maximum Gasteiger partial charge on any atom is 0.161 e. The van der Waals surface area contributed by atoms with Crippen LogP contribution in [0.4, 0.5) is 0 Å². The maximum absolute atomic E-state index is 6.00. The molecule has 8 nitrogen and oxygen atoms in total. The molecule has 0 saturated heterocycles. The van der Waals surface area contributed by atoms with Crippen LogP contribution >= 0.6 is 0 Å². The van der Waals surface area contributed by atoms with E-state index in [1.165, 1.54) is 0 Å². The number of H-pyrrole nitrogens is 1. The molecular weight excluding hydrogens is 444 g/mol. The van der Waals surface area contributed by atoms with Crippen LogP contribution in [0.2, 0.25) is 0 Å². The van der Waals surface area contributed by atoms with Gasteiger partial charge in [-0.25, -0.2) is 0 Å². The lowest BCUT2D eigenvalue weighted by Crippen LogP contribution is -2.19. The summed E-state index contributed by atoms with van der Waals surface area (Å²) in [5, 5.41) is 5.59. The molecule has 8 heteroatoms. The van der Waals surface area contributed by atoms with Gasteiger partial charge in [0.1, 0.15) is 18.1 Å². The number of hydrogen-bond acceptors (Lipinski definition) is 7. The summed E-state index contributed by atoms with van der Waals surface area (Å²) in [4.78, 5) is 15.7. The second kappa shape index (κ2) is 9.68. The van der Waals surface area contributed by atoms with E-state index in [4.69, 9.17) is 19.0 Å². The van der Waals surface area contributed by atoms with Crippen LogP contribution in [0, 0.1) is 0 Å². The largest absolute Gasteiger partial charge is 0.493 e. The first-order chi connectivity index (χ1) is 17.1. The van der Waals surface area contributed by atoms with Crippen molar-refractivity contribution in [2.75, 3.05) is 41.5 Å². The number of aromatic amines is 1. The van der Waals surface area contributed by atoms with Gasteiger partial charge in [-0.1, -0.05) is 11.2 Å². The molecule has 4 aromatic rings. The van der Waals surface area contributed by atoms with Crippen LogP contribution in [0.5, 0.6) is 17.2 Å². The molecule has 0 bridgehead atoms. The third-order valence-electron chi connectivity index (χ3n) is 5.96. The van der Waals surface area contributed by atoms with Crippen LogP contribution in [0.3, 0.4) is 0 Å². The smallest absolute Gasteiger partial charge is 0.161 e. The van der Waals surface area contributed by atoms with Gasteiger partial charge in [0.25, 0.3) is 0 Å². The summed E-state index contributed by atoms with van der Waals surface area (Å²) in [5.74, 6) is 2.09. The molecule has 0 radical (unpaired) electrons.